The van der Waals surface area contributed by atoms with Crippen LogP contribution in [0.15, 0.2) is 12.3 Å². The maximum atomic E-state index is 11.2. The van der Waals surface area contributed by atoms with Crippen LogP contribution in [0.1, 0.15) is 36.5 Å². The summed E-state index contributed by atoms with van der Waals surface area (Å²) in [7, 11) is 0. The van der Waals surface area contributed by atoms with E-state index in [0.29, 0.717) is 12.4 Å². The number of carboxylic acid groups (broad SMARTS) is 1. The van der Waals surface area contributed by atoms with Gasteiger partial charge in [-0.05, 0) is 25.3 Å². The van der Waals surface area contributed by atoms with Gasteiger partial charge < -0.3 is 14.7 Å². The molecule has 1 saturated heterocycles. The molecule has 1 atom stereocenters. The van der Waals surface area contributed by atoms with Gasteiger partial charge in [0.05, 0.1) is 12.3 Å². The van der Waals surface area contributed by atoms with Crippen molar-refractivity contribution in [1.82, 2.24) is 10.2 Å². The Kier molecular flexibility index (Phi) is 4.68. The topological polar surface area (TPSA) is 75.5 Å². The van der Waals surface area contributed by atoms with Crippen molar-refractivity contribution in [3.63, 3.8) is 0 Å². The molecule has 6 nitrogen and oxygen atoms in total. The number of carbonyl (C=O) groups is 1. The highest BCUT2D eigenvalue weighted by Gasteiger charge is 2.25. The van der Waals surface area contributed by atoms with E-state index in [1.54, 1.807) is 0 Å². The van der Waals surface area contributed by atoms with E-state index < -0.39 is 5.97 Å². The molecule has 0 bridgehead atoms. The molecule has 0 saturated carbocycles. The molecule has 1 unspecified atom stereocenters. The van der Waals surface area contributed by atoms with Gasteiger partial charge in [-0.3, -0.25) is 0 Å². The third-order valence-corrected chi connectivity index (χ3v) is 3.17. The van der Waals surface area contributed by atoms with E-state index in [2.05, 4.69) is 17.1 Å². The van der Waals surface area contributed by atoms with Gasteiger partial charge in [0.1, 0.15) is 5.56 Å². The summed E-state index contributed by atoms with van der Waals surface area (Å²) < 4.78 is 5.75. The molecular weight excluding hydrogens is 246 g/mol. The molecule has 1 aliphatic rings. The van der Waals surface area contributed by atoms with Crippen LogP contribution in [-0.4, -0.2) is 47.1 Å². The van der Waals surface area contributed by atoms with E-state index in [1.807, 2.05) is 4.90 Å². The number of aromatic carboxylic acids is 1. The van der Waals surface area contributed by atoms with E-state index in [1.165, 1.54) is 12.3 Å². The van der Waals surface area contributed by atoms with Crippen molar-refractivity contribution in [3.8, 4) is 0 Å². The van der Waals surface area contributed by atoms with Crippen molar-refractivity contribution in [3.05, 3.63) is 17.8 Å². The first kappa shape index (κ1) is 13.7. The summed E-state index contributed by atoms with van der Waals surface area (Å²) in [5.41, 5.74) is 0.200. The Labute approximate surface area is 112 Å². The maximum absolute atomic E-state index is 11.2. The van der Waals surface area contributed by atoms with Gasteiger partial charge in [-0.25, -0.2) is 4.79 Å². The fraction of sp³-hybridized carbons (Fsp3) is 0.615. The molecule has 2 heterocycles. The molecule has 0 amide bonds. The number of carboxylic acids is 1. The Morgan fingerprint density at radius 2 is 2.47 bits per heavy atom. The van der Waals surface area contributed by atoms with Crippen LogP contribution in [0.5, 0.6) is 0 Å². The minimum atomic E-state index is -0.971. The van der Waals surface area contributed by atoms with Crippen LogP contribution in [0, 0.1) is 0 Å². The van der Waals surface area contributed by atoms with Crippen molar-refractivity contribution in [2.24, 2.45) is 0 Å². The summed E-state index contributed by atoms with van der Waals surface area (Å²) in [5.74, 6) is -0.527. The molecular formula is C13H19N3O3. The molecule has 2 rings (SSSR count). The third-order valence-electron chi connectivity index (χ3n) is 3.17. The van der Waals surface area contributed by atoms with Crippen LogP contribution < -0.4 is 4.90 Å². The van der Waals surface area contributed by atoms with Crippen LogP contribution in [0.25, 0.3) is 0 Å². The predicted molar refractivity (Wildman–Crippen MR) is 70.5 cm³/mol. The van der Waals surface area contributed by atoms with Gasteiger partial charge in [0, 0.05) is 19.7 Å². The highest BCUT2D eigenvalue weighted by Crippen LogP contribution is 2.22. The minimum Gasteiger partial charge on any atom is -0.478 e. The van der Waals surface area contributed by atoms with Crippen molar-refractivity contribution < 1.29 is 14.6 Å². The zero-order valence-corrected chi connectivity index (χ0v) is 11.1. The lowest BCUT2D eigenvalue weighted by molar-refractivity contribution is 0.0437. The second kappa shape index (κ2) is 6.47. The highest BCUT2D eigenvalue weighted by molar-refractivity contribution is 5.93. The summed E-state index contributed by atoms with van der Waals surface area (Å²) in [6, 6.07) is 1.49. The average molecular weight is 265 g/mol. The van der Waals surface area contributed by atoms with Gasteiger partial charge in [-0.15, -0.1) is 5.10 Å². The number of piperidine rings is 1. The zero-order valence-electron chi connectivity index (χ0n) is 11.1. The normalized spacial score (nSPS) is 19.4. The SMILES string of the molecule is CCCOC1CCCN(c2nnccc2C(=O)O)C1. The summed E-state index contributed by atoms with van der Waals surface area (Å²) in [6.45, 7) is 4.29. The lowest BCUT2D eigenvalue weighted by Gasteiger charge is -2.33. The Bertz CT molecular complexity index is 439. The van der Waals surface area contributed by atoms with Gasteiger partial charge in [-0.1, -0.05) is 6.92 Å². The summed E-state index contributed by atoms with van der Waals surface area (Å²) in [6.07, 6.45) is 4.53. The lowest BCUT2D eigenvalue weighted by atomic mass is 10.1. The zero-order chi connectivity index (χ0) is 13.7. The molecule has 1 N–H and O–H groups in total. The Morgan fingerprint density at radius 3 is 3.21 bits per heavy atom. The van der Waals surface area contributed by atoms with Crippen molar-refractivity contribution in [2.75, 3.05) is 24.6 Å². The largest absolute Gasteiger partial charge is 0.478 e. The number of aromatic nitrogens is 2. The average Bonchev–Trinajstić information content (AvgIpc) is 2.45. The first-order chi connectivity index (χ1) is 9.22. The Morgan fingerprint density at radius 1 is 1.63 bits per heavy atom. The van der Waals surface area contributed by atoms with E-state index in [0.717, 1.165) is 32.4 Å². The standard InChI is InChI=1S/C13H19N3O3/c1-2-8-19-10-4-3-7-16(9-10)12-11(13(17)18)5-6-14-15-12/h5-6,10H,2-4,7-9H2,1H3,(H,17,18). The Balaban J connectivity index is 2.11. The van der Waals surface area contributed by atoms with Crippen LogP contribution in [0.3, 0.4) is 0 Å². The summed E-state index contributed by atoms with van der Waals surface area (Å²) in [5, 5.41) is 17.0. The molecule has 19 heavy (non-hydrogen) atoms. The van der Waals surface area contributed by atoms with Crippen molar-refractivity contribution >= 4 is 11.8 Å². The van der Waals surface area contributed by atoms with Gasteiger partial charge in [0.15, 0.2) is 5.82 Å². The van der Waals surface area contributed by atoms with Crippen LogP contribution in [-0.2, 0) is 4.74 Å². The number of hydrogen-bond donors (Lipinski definition) is 1. The number of ether oxygens (including phenoxy) is 1. The molecule has 0 spiro atoms. The highest BCUT2D eigenvalue weighted by atomic mass is 16.5. The molecule has 6 heteroatoms. The molecule has 1 aromatic heterocycles. The number of hydrogen-bond acceptors (Lipinski definition) is 5. The van der Waals surface area contributed by atoms with E-state index in [4.69, 9.17) is 4.74 Å². The van der Waals surface area contributed by atoms with Gasteiger partial charge >= 0.3 is 5.97 Å². The molecule has 104 valence electrons. The van der Waals surface area contributed by atoms with Crippen LogP contribution in [0.4, 0.5) is 5.82 Å². The predicted octanol–water partition coefficient (Wildman–Crippen LogP) is 1.57. The second-order valence-corrected chi connectivity index (χ2v) is 4.65. The summed E-state index contributed by atoms with van der Waals surface area (Å²) >= 11 is 0. The first-order valence-corrected chi connectivity index (χ1v) is 6.64. The van der Waals surface area contributed by atoms with E-state index in [9.17, 15) is 9.90 Å². The number of anilines is 1. The van der Waals surface area contributed by atoms with Gasteiger partial charge in [-0.2, -0.15) is 5.10 Å². The number of rotatable bonds is 5. The summed E-state index contributed by atoms with van der Waals surface area (Å²) in [4.78, 5) is 13.2. The van der Waals surface area contributed by atoms with Gasteiger partial charge in [0.25, 0.3) is 0 Å². The molecule has 1 aromatic rings. The molecule has 0 aliphatic carbocycles. The molecule has 0 aromatic carbocycles. The van der Waals surface area contributed by atoms with Crippen molar-refractivity contribution in [2.45, 2.75) is 32.3 Å². The van der Waals surface area contributed by atoms with Gasteiger partial charge in [0.2, 0.25) is 0 Å². The van der Waals surface area contributed by atoms with E-state index in [-0.39, 0.29) is 11.7 Å². The third kappa shape index (κ3) is 3.41. The van der Waals surface area contributed by atoms with Crippen molar-refractivity contribution in [1.29, 1.82) is 0 Å². The number of nitrogens with zero attached hydrogens (tertiary/aromatic N) is 3. The monoisotopic (exact) mass is 265 g/mol. The first-order valence-electron chi connectivity index (χ1n) is 6.64. The fourth-order valence-electron chi connectivity index (χ4n) is 2.28. The minimum absolute atomic E-state index is 0.150. The second-order valence-electron chi connectivity index (χ2n) is 4.65. The molecule has 0 radical (unpaired) electrons. The van der Waals surface area contributed by atoms with E-state index >= 15 is 0 Å². The lowest BCUT2D eigenvalue weighted by Crippen LogP contribution is -2.41. The fourth-order valence-corrected chi connectivity index (χ4v) is 2.28. The quantitative estimate of drug-likeness (QED) is 0.871. The Hall–Kier alpha value is -1.69. The van der Waals surface area contributed by atoms with Crippen LogP contribution in [0.2, 0.25) is 0 Å². The maximum Gasteiger partial charge on any atom is 0.339 e. The molecule has 1 aliphatic heterocycles. The van der Waals surface area contributed by atoms with Crippen LogP contribution >= 0.6 is 0 Å². The molecule has 1 fully saturated rings. The smallest absolute Gasteiger partial charge is 0.339 e.